The van der Waals surface area contributed by atoms with Gasteiger partial charge in [-0.1, -0.05) is 123 Å². The summed E-state index contributed by atoms with van der Waals surface area (Å²) in [6.07, 6.45) is 30.5. The predicted octanol–water partition coefficient (Wildman–Crippen LogP) is 9.06. The minimum Gasteiger partial charge on any atom is -0.480 e. The van der Waals surface area contributed by atoms with Crippen molar-refractivity contribution < 1.29 is 24.2 Å². The summed E-state index contributed by atoms with van der Waals surface area (Å²) >= 11 is 0. The fraction of sp³-hybridized carbons (Fsp3) is 0.848. The van der Waals surface area contributed by atoms with Crippen LogP contribution in [0.2, 0.25) is 0 Å². The summed E-state index contributed by atoms with van der Waals surface area (Å²) in [5.74, 6) is -1.33. The van der Waals surface area contributed by atoms with Crippen LogP contribution in [0.15, 0.2) is 12.2 Å². The van der Waals surface area contributed by atoms with Gasteiger partial charge in [-0.05, 0) is 44.6 Å². The van der Waals surface area contributed by atoms with Crippen LogP contribution in [0.1, 0.15) is 168 Å². The molecule has 228 valence electrons. The van der Waals surface area contributed by atoms with E-state index in [4.69, 9.17) is 9.84 Å². The molecule has 0 aromatic carbocycles. The molecule has 0 aromatic rings. The minimum atomic E-state index is -1.03. The van der Waals surface area contributed by atoms with Gasteiger partial charge in [0.15, 0.2) is 0 Å². The number of hydrogen-bond acceptors (Lipinski definition) is 4. The van der Waals surface area contributed by atoms with Crippen LogP contribution >= 0.6 is 0 Å². The van der Waals surface area contributed by atoms with E-state index < -0.39 is 5.97 Å². The fourth-order valence-electron chi connectivity index (χ4n) is 4.72. The average Bonchev–Trinajstić information content (AvgIpc) is 2.91. The summed E-state index contributed by atoms with van der Waals surface area (Å²) in [7, 11) is 0. The smallest absolute Gasteiger partial charge is 0.322 e. The molecule has 0 rings (SSSR count). The third kappa shape index (κ3) is 29.0. The largest absolute Gasteiger partial charge is 0.480 e. The molecule has 6 nitrogen and oxygen atoms in total. The highest BCUT2D eigenvalue weighted by atomic mass is 16.5. The first kappa shape index (κ1) is 37.1. The molecule has 0 spiro atoms. The molecule has 2 N–H and O–H groups in total. The second-order valence-electron chi connectivity index (χ2n) is 11.1. The number of esters is 1. The van der Waals surface area contributed by atoms with Crippen molar-refractivity contribution >= 4 is 17.8 Å². The lowest BCUT2D eigenvalue weighted by Crippen LogP contribution is -2.28. The van der Waals surface area contributed by atoms with Gasteiger partial charge < -0.3 is 15.2 Å². The van der Waals surface area contributed by atoms with Crippen LogP contribution in [0, 0.1) is 0 Å². The molecule has 0 radical (unpaired) electrons. The van der Waals surface area contributed by atoms with Crippen LogP contribution < -0.4 is 5.32 Å². The highest BCUT2D eigenvalue weighted by Gasteiger charge is 2.12. The summed E-state index contributed by atoms with van der Waals surface area (Å²) in [6, 6.07) is 0. The van der Waals surface area contributed by atoms with Crippen molar-refractivity contribution in [2.45, 2.75) is 174 Å². The first-order valence-corrected chi connectivity index (χ1v) is 16.3. The fourth-order valence-corrected chi connectivity index (χ4v) is 4.72. The van der Waals surface area contributed by atoms with Gasteiger partial charge in [0.05, 0.1) is 0 Å². The van der Waals surface area contributed by atoms with E-state index in [-0.39, 0.29) is 24.5 Å². The molecule has 1 atom stereocenters. The SMILES string of the molecule is CCCCCCC/C=C\C(CCCCCCC(=O)NCC(=O)O)OC(=O)CCCCCCCCCCCCC. The lowest BCUT2D eigenvalue weighted by Gasteiger charge is -2.15. The Morgan fingerprint density at radius 3 is 1.72 bits per heavy atom. The molecule has 0 aliphatic rings. The van der Waals surface area contributed by atoms with Crippen LogP contribution in [0.4, 0.5) is 0 Å². The van der Waals surface area contributed by atoms with E-state index in [9.17, 15) is 14.4 Å². The second kappa shape index (κ2) is 29.1. The maximum absolute atomic E-state index is 12.5. The van der Waals surface area contributed by atoms with Crippen LogP contribution in [0.25, 0.3) is 0 Å². The maximum Gasteiger partial charge on any atom is 0.322 e. The van der Waals surface area contributed by atoms with Gasteiger partial charge in [-0.3, -0.25) is 14.4 Å². The zero-order valence-corrected chi connectivity index (χ0v) is 25.5. The first-order valence-electron chi connectivity index (χ1n) is 16.3. The van der Waals surface area contributed by atoms with Crippen LogP contribution in [-0.4, -0.2) is 35.6 Å². The van der Waals surface area contributed by atoms with Crippen molar-refractivity contribution in [3.05, 3.63) is 12.2 Å². The topological polar surface area (TPSA) is 92.7 Å². The Morgan fingerprint density at radius 2 is 1.15 bits per heavy atom. The van der Waals surface area contributed by atoms with E-state index in [2.05, 4.69) is 31.3 Å². The van der Waals surface area contributed by atoms with Gasteiger partial charge in [0.2, 0.25) is 5.91 Å². The van der Waals surface area contributed by atoms with E-state index in [1.807, 2.05) is 0 Å². The predicted molar refractivity (Wildman–Crippen MR) is 162 cm³/mol. The summed E-state index contributed by atoms with van der Waals surface area (Å²) in [5.41, 5.74) is 0. The number of carboxylic acid groups (broad SMARTS) is 1. The Balaban J connectivity index is 4.16. The van der Waals surface area contributed by atoms with Gasteiger partial charge in [0, 0.05) is 12.8 Å². The standard InChI is InChI=1S/C33H61NO5/c1-3-5-7-9-11-12-13-14-16-18-24-28-33(38)39-30(25-21-17-15-10-8-6-4-2)26-22-19-20-23-27-31(35)34-29-32(36)37/h21,25,30H,3-20,22-24,26-29H2,1-2H3,(H,34,35)(H,36,37)/b25-21-. The number of rotatable bonds is 29. The number of aliphatic carboxylic acids is 1. The van der Waals surface area contributed by atoms with Gasteiger partial charge in [-0.2, -0.15) is 0 Å². The van der Waals surface area contributed by atoms with Crippen molar-refractivity contribution in [3.63, 3.8) is 0 Å². The molecular formula is C33H61NO5. The van der Waals surface area contributed by atoms with E-state index in [1.165, 1.54) is 89.9 Å². The first-order chi connectivity index (χ1) is 19.0. The van der Waals surface area contributed by atoms with Crippen molar-refractivity contribution in [3.8, 4) is 0 Å². The van der Waals surface area contributed by atoms with Crippen molar-refractivity contribution in [2.24, 2.45) is 0 Å². The molecule has 0 aliphatic heterocycles. The zero-order chi connectivity index (χ0) is 28.8. The molecule has 0 aromatic heterocycles. The number of carboxylic acids is 1. The lowest BCUT2D eigenvalue weighted by molar-refractivity contribution is -0.147. The quantitative estimate of drug-likeness (QED) is 0.0549. The number of amides is 1. The Bertz CT molecular complexity index is 619. The summed E-state index contributed by atoms with van der Waals surface area (Å²) in [4.78, 5) is 34.6. The molecule has 0 aliphatic carbocycles. The zero-order valence-electron chi connectivity index (χ0n) is 25.5. The van der Waals surface area contributed by atoms with Gasteiger partial charge in [0.25, 0.3) is 0 Å². The van der Waals surface area contributed by atoms with E-state index in [0.717, 1.165) is 51.4 Å². The summed E-state index contributed by atoms with van der Waals surface area (Å²) < 4.78 is 5.84. The number of carbonyl (C=O) groups is 3. The van der Waals surface area contributed by atoms with Gasteiger partial charge in [-0.25, -0.2) is 0 Å². The second-order valence-corrected chi connectivity index (χ2v) is 11.1. The molecule has 0 saturated heterocycles. The third-order valence-corrected chi connectivity index (χ3v) is 7.17. The third-order valence-electron chi connectivity index (χ3n) is 7.17. The molecule has 0 bridgehead atoms. The lowest BCUT2D eigenvalue weighted by atomic mass is 10.1. The summed E-state index contributed by atoms with van der Waals surface area (Å²) in [5, 5.41) is 11.0. The van der Waals surface area contributed by atoms with E-state index in [1.54, 1.807) is 0 Å². The monoisotopic (exact) mass is 551 g/mol. The highest BCUT2D eigenvalue weighted by molar-refractivity contribution is 5.80. The van der Waals surface area contributed by atoms with Crippen LogP contribution in [0.5, 0.6) is 0 Å². The molecule has 0 heterocycles. The van der Waals surface area contributed by atoms with Crippen LogP contribution in [0.3, 0.4) is 0 Å². The van der Waals surface area contributed by atoms with Crippen molar-refractivity contribution in [1.29, 1.82) is 0 Å². The molecule has 6 heteroatoms. The van der Waals surface area contributed by atoms with Gasteiger partial charge in [0.1, 0.15) is 12.6 Å². The molecule has 0 saturated carbocycles. The number of hydrogen-bond donors (Lipinski definition) is 2. The minimum absolute atomic E-state index is 0.0846. The van der Waals surface area contributed by atoms with Crippen molar-refractivity contribution in [2.75, 3.05) is 6.54 Å². The van der Waals surface area contributed by atoms with Crippen LogP contribution in [-0.2, 0) is 19.1 Å². The number of unbranched alkanes of at least 4 members (excludes halogenated alkanes) is 18. The molecular weight excluding hydrogens is 490 g/mol. The number of nitrogens with one attached hydrogen (secondary N) is 1. The maximum atomic E-state index is 12.5. The number of carbonyl (C=O) groups excluding carboxylic acids is 2. The van der Waals surface area contributed by atoms with Crippen molar-refractivity contribution in [1.82, 2.24) is 5.32 Å². The Morgan fingerprint density at radius 1 is 0.667 bits per heavy atom. The normalized spacial score (nSPS) is 12.1. The van der Waals surface area contributed by atoms with Gasteiger partial charge in [-0.15, -0.1) is 0 Å². The highest BCUT2D eigenvalue weighted by Crippen LogP contribution is 2.15. The summed E-state index contributed by atoms with van der Waals surface area (Å²) in [6.45, 7) is 4.16. The molecule has 39 heavy (non-hydrogen) atoms. The van der Waals surface area contributed by atoms with E-state index in [0.29, 0.717) is 12.8 Å². The molecule has 1 amide bonds. The number of ether oxygens (including phenoxy) is 1. The Kier molecular flexibility index (Phi) is 27.8. The average molecular weight is 552 g/mol. The van der Waals surface area contributed by atoms with Gasteiger partial charge >= 0.3 is 11.9 Å². The molecule has 0 fully saturated rings. The Hall–Kier alpha value is -1.85. The Labute approximate surface area is 240 Å². The number of allylic oxidation sites excluding steroid dienone is 1. The molecule has 1 unspecified atom stereocenters. The van der Waals surface area contributed by atoms with E-state index >= 15 is 0 Å².